The van der Waals surface area contributed by atoms with E-state index in [2.05, 4.69) is 5.32 Å². The summed E-state index contributed by atoms with van der Waals surface area (Å²) < 4.78 is 0. The summed E-state index contributed by atoms with van der Waals surface area (Å²) in [4.78, 5) is 31.1. The van der Waals surface area contributed by atoms with Crippen molar-refractivity contribution in [1.82, 2.24) is 5.32 Å². The first-order chi connectivity index (χ1) is 7.15. The third-order valence-corrected chi connectivity index (χ3v) is 1.72. The van der Waals surface area contributed by atoms with E-state index in [9.17, 15) is 19.7 Å². The Morgan fingerprint density at radius 2 is 2.27 bits per heavy atom. The predicted molar refractivity (Wildman–Crippen MR) is 51.5 cm³/mol. The van der Waals surface area contributed by atoms with E-state index in [1.165, 1.54) is 24.3 Å². The molecule has 0 atom stereocenters. The van der Waals surface area contributed by atoms with Crippen molar-refractivity contribution in [1.29, 1.82) is 0 Å². The average Bonchev–Trinajstić information content (AvgIpc) is 2.26. The Kier molecular flexibility index (Phi) is 3.50. The van der Waals surface area contributed by atoms with Gasteiger partial charge in [0.2, 0.25) is 6.41 Å². The first-order valence-corrected chi connectivity index (χ1v) is 4.10. The zero-order chi connectivity index (χ0) is 11.3. The van der Waals surface area contributed by atoms with Crippen molar-refractivity contribution in [2.24, 2.45) is 0 Å². The molecule has 0 aliphatic rings. The maximum Gasteiger partial charge on any atom is 0.270 e. The fraction of sp³-hybridized carbons (Fsp3) is 0.111. The van der Waals surface area contributed by atoms with Crippen LogP contribution in [0, 0.1) is 10.1 Å². The molecule has 0 aliphatic heterocycles. The highest BCUT2D eigenvalue weighted by Crippen LogP contribution is 2.13. The molecule has 0 unspecified atom stereocenters. The number of Topliss-reactive ketones (excluding diaryl/α,β-unsaturated/α-hetero) is 1. The normalized spacial score (nSPS) is 9.33. The van der Waals surface area contributed by atoms with E-state index in [0.717, 1.165) is 0 Å². The fourth-order valence-electron chi connectivity index (χ4n) is 1.03. The molecule has 0 radical (unpaired) electrons. The summed E-state index contributed by atoms with van der Waals surface area (Å²) in [7, 11) is 0. The van der Waals surface area contributed by atoms with Crippen LogP contribution in [0.5, 0.6) is 0 Å². The van der Waals surface area contributed by atoms with E-state index in [1.54, 1.807) is 0 Å². The second kappa shape index (κ2) is 4.85. The number of rotatable bonds is 5. The van der Waals surface area contributed by atoms with Gasteiger partial charge in [0.25, 0.3) is 5.69 Å². The fourth-order valence-corrected chi connectivity index (χ4v) is 1.03. The van der Waals surface area contributed by atoms with E-state index in [1.807, 2.05) is 0 Å². The Bertz CT molecular complexity index is 403. The first-order valence-electron chi connectivity index (χ1n) is 4.10. The molecule has 1 rings (SSSR count). The van der Waals surface area contributed by atoms with Gasteiger partial charge in [-0.1, -0.05) is 12.1 Å². The Morgan fingerprint density at radius 3 is 2.87 bits per heavy atom. The lowest BCUT2D eigenvalue weighted by atomic mass is 10.1. The molecule has 1 N–H and O–H groups in total. The van der Waals surface area contributed by atoms with Gasteiger partial charge in [-0.15, -0.1) is 0 Å². The van der Waals surface area contributed by atoms with Gasteiger partial charge in [-0.05, 0) is 0 Å². The van der Waals surface area contributed by atoms with Crippen molar-refractivity contribution in [3.63, 3.8) is 0 Å². The molecule has 1 aromatic carbocycles. The summed E-state index contributed by atoms with van der Waals surface area (Å²) in [5, 5.41) is 12.6. The number of hydrogen-bond acceptors (Lipinski definition) is 4. The summed E-state index contributed by atoms with van der Waals surface area (Å²) in [6, 6.07) is 5.35. The van der Waals surface area contributed by atoms with Crippen molar-refractivity contribution in [2.75, 3.05) is 6.54 Å². The van der Waals surface area contributed by atoms with Gasteiger partial charge in [0.1, 0.15) is 0 Å². The maximum atomic E-state index is 11.3. The van der Waals surface area contributed by atoms with Crippen molar-refractivity contribution < 1.29 is 14.5 Å². The largest absolute Gasteiger partial charge is 0.351 e. The molecule has 0 fully saturated rings. The summed E-state index contributed by atoms with van der Waals surface area (Å²) >= 11 is 0. The Balaban J connectivity index is 2.85. The number of hydrogen-bond donors (Lipinski definition) is 1. The van der Waals surface area contributed by atoms with Gasteiger partial charge in [0.15, 0.2) is 5.78 Å². The highest BCUT2D eigenvalue weighted by Gasteiger charge is 2.10. The van der Waals surface area contributed by atoms with Crippen LogP contribution in [0.3, 0.4) is 0 Å². The first kappa shape index (κ1) is 10.8. The molecular formula is C9H8N2O4. The van der Waals surface area contributed by atoms with Crippen LogP contribution < -0.4 is 5.32 Å². The summed E-state index contributed by atoms with van der Waals surface area (Å²) in [6.45, 7) is -0.162. The van der Waals surface area contributed by atoms with Crippen LogP contribution in [-0.4, -0.2) is 23.7 Å². The van der Waals surface area contributed by atoms with Crippen LogP contribution >= 0.6 is 0 Å². The van der Waals surface area contributed by atoms with Gasteiger partial charge >= 0.3 is 0 Å². The SMILES string of the molecule is O=CNCC(=O)c1cccc([N+](=O)[O-])c1. The number of carbonyl (C=O) groups excluding carboxylic acids is 2. The number of non-ortho nitro benzene ring substituents is 1. The van der Waals surface area contributed by atoms with E-state index in [4.69, 9.17) is 0 Å². The summed E-state index contributed by atoms with van der Waals surface area (Å²) in [6.07, 6.45) is 0.398. The molecule has 0 heterocycles. The molecule has 0 saturated heterocycles. The van der Waals surface area contributed by atoms with Crippen LogP contribution in [0.25, 0.3) is 0 Å². The predicted octanol–water partition coefficient (Wildman–Crippen LogP) is 0.523. The van der Waals surface area contributed by atoms with Gasteiger partial charge in [-0.25, -0.2) is 0 Å². The molecule has 0 aliphatic carbocycles. The van der Waals surface area contributed by atoms with Gasteiger partial charge < -0.3 is 5.32 Å². The number of amides is 1. The molecular weight excluding hydrogens is 200 g/mol. The molecule has 0 bridgehead atoms. The quantitative estimate of drug-likeness (QED) is 0.330. The van der Waals surface area contributed by atoms with Crippen LogP contribution in [0.2, 0.25) is 0 Å². The van der Waals surface area contributed by atoms with Crippen LogP contribution in [0.15, 0.2) is 24.3 Å². The Labute approximate surface area is 85.1 Å². The van der Waals surface area contributed by atoms with Gasteiger partial charge in [0, 0.05) is 17.7 Å². The topological polar surface area (TPSA) is 89.3 Å². The minimum absolute atomic E-state index is 0.146. The summed E-state index contributed by atoms with van der Waals surface area (Å²) in [5.41, 5.74) is 0.0607. The molecule has 78 valence electrons. The molecule has 15 heavy (non-hydrogen) atoms. The number of benzene rings is 1. The second-order valence-corrected chi connectivity index (χ2v) is 2.73. The lowest BCUT2D eigenvalue weighted by Gasteiger charge is -1.99. The Morgan fingerprint density at radius 1 is 1.53 bits per heavy atom. The number of carbonyl (C=O) groups is 2. The zero-order valence-corrected chi connectivity index (χ0v) is 7.67. The molecule has 0 spiro atoms. The molecule has 1 amide bonds. The van der Waals surface area contributed by atoms with Gasteiger partial charge in [0.05, 0.1) is 11.5 Å². The molecule has 0 saturated carbocycles. The van der Waals surface area contributed by atoms with Crippen molar-refractivity contribution in [2.45, 2.75) is 0 Å². The number of nitro groups is 1. The number of ketones is 1. The molecule has 1 aromatic rings. The standard InChI is InChI=1S/C9H8N2O4/c12-6-10-5-9(13)7-2-1-3-8(4-7)11(14)15/h1-4,6H,5H2,(H,10,12). The van der Waals surface area contributed by atoms with E-state index in [0.29, 0.717) is 6.41 Å². The molecule has 0 aromatic heterocycles. The maximum absolute atomic E-state index is 11.3. The highest BCUT2D eigenvalue weighted by molar-refractivity contribution is 5.98. The lowest BCUT2D eigenvalue weighted by Crippen LogP contribution is -2.21. The smallest absolute Gasteiger partial charge is 0.270 e. The third-order valence-electron chi connectivity index (χ3n) is 1.72. The van der Waals surface area contributed by atoms with Crippen LogP contribution in [0.4, 0.5) is 5.69 Å². The van der Waals surface area contributed by atoms with Gasteiger partial charge in [-0.2, -0.15) is 0 Å². The molecule has 6 heteroatoms. The van der Waals surface area contributed by atoms with Crippen molar-refractivity contribution in [3.8, 4) is 0 Å². The number of nitro benzene ring substituents is 1. The number of nitrogens with zero attached hydrogens (tertiary/aromatic N) is 1. The van der Waals surface area contributed by atoms with Gasteiger partial charge in [-0.3, -0.25) is 19.7 Å². The highest BCUT2D eigenvalue weighted by atomic mass is 16.6. The minimum Gasteiger partial charge on any atom is -0.351 e. The van der Waals surface area contributed by atoms with Crippen molar-refractivity contribution >= 4 is 17.9 Å². The zero-order valence-electron chi connectivity index (χ0n) is 7.67. The van der Waals surface area contributed by atoms with E-state index < -0.39 is 4.92 Å². The second-order valence-electron chi connectivity index (χ2n) is 2.73. The Hall–Kier alpha value is -2.24. The van der Waals surface area contributed by atoms with E-state index in [-0.39, 0.29) is 23.6 Å². The number of nitrogens with one attached hydrogen (secondary N) is 1. The average molecular weight is 208 g/mol. The van der Waals surface area contributed by atoms with Crippen LogP contribution in [0.1, 0.15) is 10.4 Å². The lowest BCUT2D eigenvalue weighted by molar-refractivity contribution is -0.384. The van der Waals surface area contributed by atoms with Crippen molar-refractivity contribution in [3.05, 3.63) is 39.9 Å². The monoisotopic (exact) mass is 208 g/mol. The third kappa shape index (κ3) is 2.87. The molecule has 6 nitrogen and oxygen atoms in total. The summed E-state index contributed by atoms with van der Waals surface area (Å²) in [5.74, 6) is -0.370. The van der Waals surface area contributed by atoms with Crippen LogP contribution in [-0.2, 0) is 4.79 Å². The minimum atomic E-state index is -0.579. The van der Waals surface area contributed by atoms with E-state index >= 15 is 0 Å².